The van der Waals surface area contributed by atoms with E-state index in [0.717, 1.165) is 30.7 Å². The Hall–Kier alpha value is -2.29. The van der Waals surface area contributed by atoms with Crippen molar-refractivity contribution in [2.45, 2.75) is 26.3 Å². The number of carbonyl (C=O) groups excluding carboxylic acids is 1. The largest absolute Gasteiger partial charge is 0.483 e. The third-order valence-electron chi connectivity index (χ3n) is 4.19. The molecule has 0 aliphatic carbocycles. The summed E-state index contributed by atoms with van der Waals surface area (Å²) >= 11 is 0. The Morgan fingerprint density at radius 1 is 1.09 bits per heavy atom. The maximum Gasteiger partial charge on any atom is 0.260 e. The minimum Gasteiger partial charge on any atom is -0.483 e. The lowest BCUT2D eigenvalue weighted by molar-refractivity contribution is -0.134. The number of nitrogens with zero attached hydrogens (tertiary/aromatic N) is 1. The second-order valence-corrected chi connectivity index (χ2v) is 5.58. The molecule has 2 aromatic rings. The summed E-state index contributed by atoms with van der Waals surface area (Å²) in [6.07, 6.45) is 1.83. The molecule has 0 saturated heterocycles. The van der Waals surface area contributed by atoms with E-state index in [4.69, 9.17) is 4.74 Å². The van der Waals surface area contributed by atoms with Crippen molar-refractivity contribution in [3.05, 3.63) is 65.2 Å². The smallest absolute Gasteiger partial charge is 0.260 e. The first-order valence-corrected chi connectivity index (χ1v) is 7.83. The van der Waals surface area contributed by atoms with Gasteiger partial charge < -0.3 is 9.64 Å². The molecule has 1 aliphatic heterocycles. The van der Waals surface area contributed by atoms with Gasteiger partial charge in [0.25, 0.3) is 5.91 Å². The predicted molar refractivity (Wildman–Crippen MR) is 86.9 cm³/mol. The van der Waals surface area contributed by atoms with E-state index in [1.165, 1.54) is 11.1 Å². The highest BCUT2D eigenvalue weighted by Gasteiger charge is 2.20. The molecule has 3 rings (SSSR count). The molecule has 0 N–H and O–H groups in total. The average molecular weight is 295 g/mol. The number of aryl methyl sites for hydroxylation is 1. The molecular formula is C19H21NO2. The predicted octanol–water partition coefficient (Wildman–Crippen LogP) is 3.21. The highest BCUT2D eigenvalue weighted by molar-refractivity contribution is 5.78. The van der Waals surface area contributed by atoms with Crippen LogP contribution in [0.25, 0.3) is 0 Å². The fraction of sp³-hybridized carbons (Fsp3) is 0.316. The number of ether oxygens (including phenoxy) is 1. The lowest BCUT2D eigenvalue weighted by atomic mass is 10.00. The summed E-state index contributed by atoms with van der Waals surface area (Å²) in [5.41, 5.74) is 3.74. The Kier molecular flexibility index (Phi) is 4.42. The molecule has 1 aliphatic rings. The van der Waals surface area contributed by atoms with Gasteiger partial charge in [0, 0.05) is 13.1 Å². The molecule has 3 heteroatoms. The van der Waals surface area contributed by atoms with E-state index < -0.39 is 0 Å². The SMILES string of the molecule is CCc1ccccc1OCC(=O)N1CCc2ccccc2C1. The van der Waals surface area contributed by atoms with Crippen molar-refractivity contribution in [1.82, 2.24) is 4.90 Å². The van der Waals surface area contributed by atoms with Gasteiger partial charge in [0.2, 0.25) is 0 Å². The molecular weight excluding hydrogens is 274 g/mol. The first-order chi connectivity index (χ1) is 10.8. The van der Waals surface area contributed by atoms with E-state index in [9.17, 15) is 4.79 Å². The highest BCUT2D eigenvalue weighted by atomic mass is 16.5. The second-order valence-electron chi connectivity index (χ2n) is 5.58. The number of fused-ring (bicyclic) bond motifs is 1. The van der Waals surface area contributed by atoms with Gasteiger partial charge in [-0.05, 0) is 35.6 Å². The van der Waals surface area contributed by atoms with E-state index in [2.05, 4.69) is 25.1 Å². The third-order valence-corrected chi connectivity index (χ3v) is 4.19. The Morgan fingerprint density at radius 2 is 1.82 bits per heavy atom. The fourth-order valence-electron chi connectivity index (χ4n) is 2.88. The van der Waals surface area contributed by atoms with Gasteiger partial charge in [0.15, 0.2) is 6.61 Å². The maximum absolute atomic E-state index is 12.4. The molecule has 1 amide bonds. The summed E-state index contributed by atoms with van der Waals surface area (Å²) in [6, 6.07) is 16.2. The van der Waals surface area contributed by atoms with Crippen LogP contribution in [0.2, 0.25) is 0 Å². The van der Waals surface area contributed by atoms with Crippen LogP contribution in [0.4, 0.5) is 0 Å². The van der Waals surface area contributed by atoms with Crippen molar-refractivity contribution in [1.29, 1.82) is 0 Å². The Labute approximate surface area is 131 Å². The quantitative estimate of drug-likeness (QED) is 0.867. The van der Waals surface area contributed by atoms with Crippen LogP contribution in [0.15, 0.2) is 48.5 Å². The maximum atomic E-state index is 12.4. The van der Waals surface area contributed by atoms with Crippen LogP contribution in [0.1, 0.15) is 23.6 Å². The van der Waals surface area contributed by atoms with E-state index in [-0.39, 0.29) is 12.5 Å². The van der Waals surface area contributed by atoms with Crippen LogP contribution in [0.3, 0.4) is 0 Å². The lowest BCUT2D eigenvalue weighted by Gasteiger charge is -2.28. The number of benzene rings is 2. The van der Waals surface area contributed by atoms with E-state index in [1.807, 2.05) is 35.2 Å². The van der Waals surface area contributed by atoms with Crippen LogP contribution in [0, 0.1) is 0 Å². The van der Waals surface area contributed by atoms with Gasteiger partial charge in [-0.15, -0.1) is 0 Å². The van der Waals surface area contributed by atoms with Crippen LogP contribution in [0.5, 0.6) is 5.75 Å². The molecule has 22 heavy (non-hydrogen) atoms. The van der Waals surface area contributed by atoms with E-state index in [0.29, 0.717) is 6.54 Å². The topological polar surface area (TPSA) is 29.5 Å². The monoisotopic (exact) mass is 295 g/mol. The summed E-state index contributed by atoms with van der Waals surface area (Å²) < 4.78 is 5.74. The number of carbonyl (C=O) groups is 1. The minimum absolute atomic E-state index is 0.0559. The molecule has 1 heterocycles. The van der Waals surface area contributed by atoms with Crippen LogP contribution in [-0.2, 0) is 24.2 Å². The normalized spacial score (nSPS) is 13.6. The summed E-state index contributed by atoms with van der Waals surface area (Å²) in [6.45, 7) is 3.66. The van der Waals surface area contributed by atoms with Gasteiger partial charge in [0.1, 0.15) is 5.75 Å². The zero-order valence-electron chi connectivity index (χ0n) is 12.9. The Morgan fingerprint density at radius 3 is 2.64 bits per heavy atom. The first-order valence-electron chi connectivity index (χ1n) is 7.83. The molecule has 0 unspecified atom stereocenters. The van der Waals surface area contributed by atoms with Crippen molar-refractivity contribution in [3.63, 3.8) is 0 Å². The van der Waals surface area contributed by atoms with Crippen molar-refractivity contribution in [3.8, 4) is 5.75 Å². The molecule has 0 bridgehead atoms. The first kappa shape index (κ1) is 14.6. The lowest BCUT2D eigenvalue weighted by Crippen LogP contribution is -2.38. The number of hydrogen-bond acceptors (Lipinski definition) is 2. The van der Waals surface area contributed by atoms with Crippen LogP contribution >= 0.6 is 0 Å². The van der Waals surface area contributed by atoms with Gasteiger partial charge in [-0.3, -0.25) is 4.79 Å². The van der Waals surface area contributed by atoms with Crippen molar-refractivity contribution >= 4 is 5.91 Å². The zero-order chi connectivity index (χ0) is 15.4. The molecule has 2 aromatic carbocycles. The summed E-state index contributed by atoms with van der Waals surface area (Å²) in [5.74, 6) is 0.871. The summed E-state index contributed by atoms with van der Waals surface area (Å²) in [7, 11) is 0. The molecule has 0 aromatic heterocycles. The number of para-hydroxylation sites is 1. The van der Waals surface area contributed by atoms with Crippen molar-refractivity contribution in [2.75, 3.05) is 13.2 Å². The van der Waals surface area contributed by atoms with Gasteiger partial charge in [-0.2, -0.15) is 0 Å². The van der Waals surface area contributed by atoms with Gasteiger partial charge in [-0.25, -0.2) is 0 Å². The van der Waals surface area contributed by atoms with Gasteiger partial charge >= 0.3 is 0 Å². The number of amides is 1. The number of hydrogen-bond donors (Lipinski definition) is 0. The summed E-state index contributed by atoms with van der Waals surface area (Å²) in [4.78, 5) is 14.3. The van der Waals surface area contributed by atoms with Gasteiger partial charge in [-0.1, -0.05) is 49.4 Å². The average Bonchev–Trinajstić information content (AvgIpc) is 2.59. The fourth-order valence-corrected chi connectivity index (χ4v) is 2.88. The molecule has 0 atom stereocenters. The van der Waals surface area contributed by atoms with Crippen LogP contribution < -0.4 is 4.74 Å². The summed E-state index contributed by atoms with van der Waals surface area (Å²) in [5, 5.41) is 0. The minimum atomic E-state index is 0.0559. The van der Waals surface area contributed by atoms with Crippen LogP contribution in [-0.4, -0.2) is 24.0 Å². The Bertz CT molecular complexity index is 666. The Balaban J connectivity index is 1.61. The molecule has 0 fully saturated rings. The van der Waals surface area contributed by atoms with E-state index in [1.54, 1.807) is 0 Å². The molecule has 0 radical (unpaired) electrons. The molecule has 3 nitrogen and oxygen atoms in total. The number of rotatable bonds is 4. The third kappa shape index (κ3) is 3.14. The zero-order valence-corrected chi connectivity index (χ0v) is 12.9. The van der Waals surface area contributed by atoms with Crippen molar-refractivity contribution in [2.24, 2.45) is 0 Å². The van der Waals surface area contributed by atoms with E-state index >= 15 is 0 Å². The standard InChI is InChI=1S/C19H21NO2/c1-2-15-7-5-6-10-18(15)22-14-19(21)20-12-11-16-8-3-4-9-17(16)13-20/h3-10H,2,11-14H2,1H3. The van der Waals surface area contributed by atoms with Crippen molar-refractivity contribution < 1.29 is 9.53 Å². The van der Waals surface area contributed by atoms with Gasteiger partial charge in [0.05, 0.1) is 0 Å². The molecule has 0 spiro atoms. The molecule has 0 saturated carbocycles. The second kappa shape index (κ2) is 6.65. The highest BCUT2D eigenvalue weighted by Crippen LogP contribution is 2.20. The molecule has 114 valence electrons.